The van der Waals surface area contributed by atoms with E-state index in [2.05, 4.69) is 10.0 Å². The zero-order valence-electron chi connectivity index (χ0n) is 12.7. The molecule has 0 atom stereocenters. The highest BCUT2D eigenvalue weighted by Gasteiger charge is 2.10. The van der Waals surface area contributed by atoms with Gasteiger partial charge in [-0.3, -0.25) is 9.52 Å². The number of halogens is 1. The molecule has 6 nitrogen and oxygen atoms in total. The van der Waals surface area contributed by atoms with Crippen LogP contribution in [0.2, 0.25) is 0 Å². The first-order valence-electron chi connectivity index (χ1n) is 7.07. The number of amides is 1. The Labute approximate surface area is 138 Å². The van der Waals surface area contributed by atoms with Crippen LogP contribution in [0.25, 0.3) is 0 Å². The molecule has 1 aromatic carbocycles. The number of nitrogens with two attached hydrogens (primary N) is 1. The highest BCUT2D eigenvalue weighted by molar-refractivity contribution is 7.92. The van der Waals surface area contributed by atoms with E-state index in [1.807, 2.05) is 0 Å². The number of carbonyl (C=O) groups is 1. The third-order valence-corrected chi connectivity index (χ3v) is 4.28. The zero-order chi connectivity index (χ0) is 15.7. The lowest BCUT2D eigenvalue weighted by molar-refractivity contribution is 0.0953. The summed E-state index contributed by atoms with van der Waals surface area (Å²) in [7, 11) is -3.35. The fourth-order valence-electron chi connectivity index (χ4n) is 1.80. The highest BCUT2D eigenvalue weighted by atomic mass is 35.5. The Hall–Kier alpha value is -1.31. The molecule has 1 amide bonds. The SMILES string of the molecule is CCCS(=O)(=O)Nc1cccc(C(=O)NCCCCN)c1.Cl. The Balaban J connectivity index is 0.00000441. The number of hydrogen-bond donors (Lipinski definition) is 3. The van der Waals surface area contributed by atoms with Crippen LogP contribution < -0.4 is 15.8 Å². The van der Waals surface area contributed by atoms with Crippen LogP contribution in [0.3, 0.4) is 0 Å². The van der Waals surface area contributed by atoms with Crippen molar-refractivity contribution >= 4 is 34.0 Å². The van der Waals surface area contributed by atoms with Crippen LogP contribution in [0, 0.1) is 0 Å². The molecule has 0 bridgehead atoms. The molecule has 0 fully saturated rings. The van der Waals surface area contributed by atoms with Gasteiger partial charge in [-0.1, -0.05) is 13.0 Å². The third-order valence-electron chi connectivity index (χ3n) is 2.79. The van der Waals surface area contributed by atoms with Crippen LogP contribution in [0.5, 0.6) is 0 Å². The van der Waals surface area contributed by atoms with Crippen molar-refractivity contribution in [3.63, 3.8) is 0 Å². The number of rotatable bonds is 9. The molecule has 0 heterocycles. The number of hydrogen-bond acceptors (Lipinski definition) is 4. The fraction of sp³-hybridized carbons (Fsp3) is 0.500. The van der Waals surface area contributed by atoms with E-state index >= 15 is 0 Å². The zero-order valence-corrected chi connectivity index (χ0v) is 14.3. The van der Waals surface area contributed by atoms with Crippen molar-refractivity contribution < 1.29 is 13.2 Å². The van der Waals surface area contributed by atoms with Crippen molar-refractivity contribution in [2.75, 3.05) is 23.6 Å². The van der Waals surface area contributed by atoms with Crippen LogP contribution in [-0.4, -0.2) is 33.2 Å². The van der Waals surface area contributed by atoms with E-state index in [-0.39, 0.29) is 24.1 Å². The number of nitrogens with one attached hydrogen (secondary N) is 2. The van der Waals surface area contributed by atoms with Crippen molar-refractivity contribution in [1.82, 2.24) is 5.32 Å². The van der Waals surface area contributed by atoms with E-state index in [4.69, 9.17) is 5.73 Å². The van der Waals surface area contributed by atoms with Gasteiger partial charge >= 0.3 is 0 Å². The van der Waals surface area contributed by atoms with E-state index in [1.165, 1.54) is 6.07 Å². The molecular weight excluding hydrogens is 326 g/mol. The molecule has 0 aliphatic carbocycles. The van der Waals surface area contributed by atoms with Crippen molar-refractivity contribution in [2.45, 2.75) is 26.2 Å². The van der Waals surface area contributed by atoms with E-state index in [1.54, 1.807) is 25.1 Å². The minimum atomic E-state index is -3.35. The lowest BCUT2D eigenvalue weighted by Crippen LogP contribution is -2.25. The molecule has 126 valence electrons. The molecule has 0 aliphatic heterocycles. The van der Waals surface area contributed by atoms with Crippen molar-refractivity contribution in [2.24, 2.45) is 5.73 Å². The van der Waals surface area contributed by atoms with E-state index < -0.39 is 10.0 Å². The fourth-order valence-corrected chi connectivity index (χ4v) is 2.92. The normalized spacial score (nSPS) is 10.6. The van der Waals surface area contributed by atoms with Crippen LogP contribution in [0.1, 0.15) is 36.5 Å². The highest BCUT2D eigenvalue weighted by Crippen LogP contribution is 2.13. The molecule has 1 aromatic rings. The summed E-state index contributed by atoms with van der Waals surface area (Å²) in [6.07, 6.45) is 2.22. The number of unbranched alkanes of at least 4 members (excludes halogenated alkanes) is 1. The van der Waals surface area contributed by atoms with E-state index in [0.29, 0.717) is 30.8 Å². The first kappa shape index (κ1) is 20.7. The Morgan fingerprint density at radius 2 is 2.00 bits per heavy atom. The minimum Gasteiger partial charge on any atom is -0.352 e. The van der Waals surface area contributed by atoms with Crippen molar-refractivity contribution in [3.05, 3.63) is 29.8 Å². The topological polar surface area (TPSA) is 101 Å². The molecule has 0 spiro atoms. The molecule has 1 rings (SSSR count). The van der Waals surface area contributed by atoms with Gasteiger partial charge in [-0.15, -0.1) is 12.4 Å². The first-order valence-corrected chi connectivity index (χ1v) is 8.72. The Kier molecular flexibility index (Phi) is 9.80. The standard InChI is InChI=1S/C14H23N3O3S.ClH/c1-2-10-21(19,20)17-13-7-5-6-12(11-13)14(18)16-9-4-3-8-15;/h5-7,11,17H,2-4,8-10,15H2,1H3,(H,16,18);1H. The average Bonchev–Trinajstić information content (AvgIpc) is 2.43. The maximum Gasteiger partial charge on any atom is 0.251 e. The maximum absolute atomic E-state index is 11.9. The summed E-state index contributed by atoms with van der Waals surface area (Å²) in [6, 6.07) is 6.46. The minimum absolute atomic E-state index is 0. The summed E-state index contributed by atoms with van der Waals surface area (Å²) in [5, 5.41) is 2.78. The predicted octanol–water partition coefficient (Wildman–Crippen LogP) is 1.73. The summed E-state index contributed by atoms with van der Waals surface area (Å²) in [5.74, 6) is -0.161. The quantitative estimate of drug-likeness (QED) is 0.591. The Bertz CT molecular complexity index is 564. The number of anilines is 1. The molecule has 4 N–H and O–H groups in total. The first-order chi connectivity index (χ1) is 9.98. The number of carbonyl (C=O) groups excluding carboxylic acids is 1. The molecule has 0 saturated heterocycles. The molecule has 0 saturated carbocycles. The largest absolute Gasteiger partial charge is 0.352 e. The Morgan fingerprint density at radius 1 is 1.27 bits per heavy atom. The smallest absolute Gasteiger partial charge is 0.251 e. The van der Waals surface area contributed by atoms with Gasteiger partial charge in [0.05, 0.1) is 5.75 Å². The third kappa shape index (κ3) is 7.63. The summed E-state index contributed by atoms with van der Waals surface area (Å²) in [6.45, 7) is 2.96. The van der Waals surface area contributed by atoms with Gasteiger partial charge in [-0.25, -0.2) is 8.42 Å². The van der Waals surface area contributed by atoms with Gasteiger partial charge in [0, 0.05) is 17.8 Å². The monoisotopic (exact) mass is 349 g/mol. The number of benzene rings is 1. The Morgan fingerprint density at radius 3 is 2.64 bits per heavy atom. The van der Waals surface area contributed by atoms with Crippen LogP contribution in [0.4, 0.5) is 5.69 Å². The summed E-state index contributed by atoms with van der Waals surface area (Å²) in [5.41, 5.74) is 6.21. The van der Waals surface area contributed by atoms with Gasteiger partial charge in [-0.2, -0.15) is 0 Å². The second-order valence-corrected chi connectivity index (χ2v) is 6.60. The summed E-state index contributed by atoms with van der Waals surface area (Å²) < 4.78 is 25.9. The molecule has 22 heavy (non-hydrogen) atoms. The molecule has 0 radical (unpaired) electrons. The van der Waals surface area contributed by atoms with Crippen LogP contribution in [-0.2, 0) is 10.0 Å². The predicted molar refractivity (Wildman–Crippen MR) is 92.0 cm³/mol. The molecular formula is C14H24ClN3O3S. The molecule has 8 heteroatoms. The van der Waals surface area contributed by atoms with Crippen molar-refractivity contribution in [1.29, 1.82) is 0 Å². The van der Waals surface area contributed by atoms with Gasteiger partial charge in [-0.05, 0) is 44.0 Å². The second-order valence-electron chi connectivity index (χ2n) is 4.75. The lowest BCUT2D eigenvalue weighted by Gasteiger charge is -2.09. The maximum atomic E-state index is 11.9. The molecule has 0 aliphatic rings. The van der Waals surface area contributed by atoms with Gasteiger partial charge < -0.3 is 11.1 Å². The summed E-state index contributed by atoms with van der Waals surface area (Å²) in [4.78, 5) is 11.9. The van der Waals surface area contributed by atoms with Gasteiger partial charge in [0.1, 0.15) is 0 Å². The van der Waals surface area contributed by atoms with Gasteiger partial charge in [0.25, 0.3) is 5.91 Å². The molecule has 0 unspecified atom stereocenters. The average molecular weight is 350 g/mol. The number of sulfonamides is 1. The summed E-state index contributed by atoms with van der Waals surface area (Å²) >= 11 is 0. The van der Waals surface area contributed by atoms with E-state index in [9.17, 15) is 13.2 Å². The lowest BCUT2D eigenvalue weighted by atomic mass is 10.2. The van der Waals surface area contributed by atoms with Gasteiger partial charge in [0.2, 0.25) is 10.0 Å². The van der Waals surface area contributed by atoms with E-state index in [0.717, 1.165) is 12.8 Å². The van der Waals surface area contributed by atoms with Crippen LogP contribution >= 0.6 is 12.4 Å². The van der Waals surface area contributed by atoms with Crippen LogP contribution in [0.15, 0.2) is 24.3 Å². The second kappa shape index (κ2) is 10.4. The van der Waals surface area contributed by atoms with Crippen molar-refractivity contribution in [3.8, 4) is 0 Å². The molecule has 0 aromatic heterocycles. The van der Waals surface area contributed by atoms with Gasteiger partial charge in [0.15, 0.2) is 0 Å².